The van der Waals surface area contributed by atoms with E-state index in [9.17, 15) is 8.78 Å². The van der Waals surface area contributed by atoms with Gasteiger partial charge in [0.2, 0.25) is 0 Å². The van der Waals surface area contributed by atoms with Crippen molar-refractivity contribution >= 4 is 33.3 Å². The van der Waals surface area contributed by atoms with E-state index in [1.54, 1.807) is 0 Å². The third kappa shape index (κ3) is 3.91. The summed E-state index contributed by atoms with van der Waals surface area (Å²) in [5.74, 6) is -1.40. The zero-order chi connectivity index (χ0) is 15.4. The maximum Gasteiger partial charge on any atom is 0.169 e. The van der Waals surface area contributed by atoms with Gasteiger partial charge in [-0.25, -0.2) is 13.8 Å². The number of rotatable bonds is 5. The summed E-state index contributed by atoms with van der Waals surface area (Å²) < 4.78 is 28.3. The van der Waals surface area contributed by atoms with E-state index in [-0.39, 0.29) is 11.6 Å². The van der Waals surface area contributed by atoms with E-state index in [1.165, 1.54) is 0 Å². The first kappa shape index (κ1) is 15.7. The van der Waals surface area contributed by atoms with Crippen LogP contribution in [0.15, 0.2) is 28.7 Å². The van der Waals surface area contributed by atoms with Crippen molar-refractivity contribution in [2.75, 3.05) is 17.2 Å². The highest BCUT2D eigenvalue weighted by Gasteiger charge is 2.13. The van der Waals surface area contributed by atoms with Crippen LogP contribution in [0.2, 0.25) is 0 Å². The molecule has 0 fully saturated rings. The van der Waals surface area contributed by atoms with Crippen LogP contribution in [0, 0.1) is 18.6 Å². The highest BCUT2D eigenvalue weighted by atomic mass is 79.9. The molecule has 0 aliphatic heterocycles. The minimum Gasteiger partial charge on any atom is -0.368 e. The minimum atomic E-state index is -0.733. The number of pyridine rings is 1. The molecule has 0 aliphatic rings. The van der Waals surface area contributed by atoms with Crippen molar-refractivity contribution in [1.82, 2.24) is 4.98 Å². The molecule has 0 radical (unpaired) electrons. The van der Waals surface area contributed by atoms with Crippen LogP contribution in [0.5, 0.6) is 0 Å². The Kier molecular flexibility index (Phi) is 5.12. The van der Waals surface area contributed by atoms with Gasteiger partial charge in [-0.3, -0.25) is 0 Å². The Balaban J connectivity index is 2.32. The van der Waals surface area contributed by atoms with E-state index in [0.29, 0.717) is 12.2 Å². The zero-order valence-electron chi connectivity index (χ0n) is 11.8. The summed E-state index contributed by atoms with van der Waals surface area (Å²) in [6.07, 6.45) is 0.824. The molecule has 1 aromatic carbocycles. The molecule has 0 saturated carbocycles. The van der Waals surface area contributed by atoms with E-state index in [0.717, 1.165) is 22.5 Å². The Morgan fingerprint density at radius 2 is 1.86 bits per heavy atom. The molecule has 112 valence electrons. The third-order valence-corrected chi connectivity index (χ3v) is 3.54. The van der Waals surface area contributed by atoms with E-state index in [1.807, 2.05) is 32.0 Å². The number of aryl methyl sites for hydroxylation is 1. The standard InChI is InChI=1S/C15H16BrF2N3/c1-3-6-19-14-11(17)8-12(18)15(21-14)20-13-7-9(2)4-5-10(13)16/h4-5,7-8H,3,6H2,1-2H3,(H2,19,20,21). The Morgan fingerprint density at radius 3 is 2.57 bits per heavy atom. The van der Waals surface area contributed by atoms with Crippen LogP contribution in [-0.4, -0.2) is 11.5 Å². The SMILES string of the molecule is CCCNc1nc(Nc2cc(C)ccc2Br)c(F)cc1F. The number of hydrogen-bond acceptors (Lipinski definition) is 3. The van der Waals surface area contributed by atoms with Crippen LogP contribution >= 0.6 is 15.9 Å². The lowest BCUT2D eigenvalue weighted by molar-refractivity contribution is 0.579. The van der Waals surface area contributed by atoms with Crippen molar-refractivity contribution in [2.24, 2.45) is 0 Å². The average Bonchev–Trinajstić information content (AvgIpc) is 2.44. The molecule has 0 unspecified atom stereocenters. The second kappa shape index (κ2) is 6.85. The molecule has 0 atom stereocenters. The maximum absolute atomic E-state index is 13.9. The van der Waals surface area contributed by atoms with Crippen molar-refractivity contribution in [2.45, 2.75) is 20.3 Å². The van der Waals surface area contributed by atoms with Crippen LogP contribution in [0.3, 0.4) is 0 Å². The molecule has 2 rings (SSSR count). The fourth-order valence-electron chi connectivity index (χ4n) is 1.78. The molecule has 3 nitrogen and oxygen atoms in total. The second-order valence-corrected chi connectivity index (χ2v) is 5.54. The summed E-state index contributed by atoms with van der Waals surface area (Å²) >= 11 is 3.38. The molecule has 21 heavy (non-hydrogen) atoms. The molecule has 0 saturated heterocycles. The number of nitrogens with zero attached hydrogens (tertiary/aromatic N) is 1. The number of anilines is 3. The fourth-order valence-corrected chi connectivity index (χ4v) is 2.13. The smallest absolute Gasteiger partial charge is 0.169 e. The van der Waals surface area contributed by atoms with Crippen LogP contribution in [0.25, 0.3) is 0 Å². The molecule has 2 aromatic rings. The van der Waals surface area contributed by atoms with Crippen molar-refractivity contribution in [1.29, 1.82) is 0 Å². The summed E-state index contributed by atoms with van der Waals surface area (Å²) in [6.45, 7) is 4.46. The Hall–Kier alpha value is -1.69. The van der Waals surface area contributed by atoms with Gasteiger partial charge in [-0.05, 0) is 47.0 Å². The summed E-state index contributed by atoms with van der Waals surface area (Å²) in [6, 6.07) is 6.47. The lowest BCUT2D eigenvalue weighted by Gasteiger charge is -2.12. The predicted octanol–water partition coefficient (Wildman–Crippen LogP) is 5.00. The van der Waals surface area contributed by atoms with Crippen molar-refractivity contribution in [3.63, 3.8) is 0 Å². The summed E-state index contributed by atoms with van der Waals surface area (Å²) in [5, 5.41) is 5.72. The zero-order valence-corrected chi connectivity index (χ0v) is 13.4. The minimum absolute atomic E-state index is 0.0127. The fraction of sp³-hybridized carbons (Fsp3) is 0.267. The number of aromatic nitrogens is 1. The Labute approximate surface area is 130 Å². The van der Waals surface area contributed by atoms with Gasteiger partial charge in [0.15, 0.2) is 23.3 Å². The number of hydrogen-bond donors (Lipinski definition) is 2. The normalized spacial score (nSPS) is 10.5. The monoisotopic (exact) mass is 355 g/mol. The van der Waals surface area contributed by atoms with Gasteiger partial charge < -0.3 is 10.6 Å². The van der Waals surface area contributed by atoms with Gasteiger partial charge in [-0.2, -0.15) is 0 Å². The Morgan fingerprint density at radius 1 is 1.14 bits per heavy atom. The second-order valence-electron chi connectivity index (χ2n) is 4.68. The summed E-state index contributed by atoms with van der Waals surface area (Å²) in [7, 11) is 0. The average molecular weight is 356 g/mol. The van der Waals surface area contributed by atoms with Crippen LogP contribution < -0.4 is 10.6 Å². The van der Waals surface area contributed by atoms with Gasteiger partial charge in [0, 0.05) is 17.1 Å². The third-order valence-electron chi connectivity index (χ3n) is 2.85. The lowest BCUT2D eigenvalue weighted by Crippen LogP contribution is -2.08. The largest absolute Gasteiger partial charge is 0.368 e. The van der Waals surface area contributed by atoms with E-state index in [2.05, 4.69) is 31.5 Å². The van der Waals surface area contributed by atoms with E-state index in [4.69, 9.17) is 0 Å². The first-order valence-corrected chi connectivity index (χ1v) is 7.43. The van der Waals surface area contributed by atoms with Crippen molar-refractivity contribution in [3.05, 3.63) is 45.9 Å². The van der Waals surface area contributed by atoms with Crippen LogP contribution in [0.4, 0.5) is 26.1 Å². The topological polar surface area (TPSA) is 37.0 Å². The van der Waals surface area contributed by atoms with Gasteiger partial charge in [0.05, 0.1) is 5.69 Å². The van der Waals surface area contributed by atoms with Crippen molar-refractivity contribution < 1.29 is 8.78 Å². The van der Waals surface area contributed by atoms with Gasteiger partial charge in [0.1, 0.15) is 0 Å². The lowest BCUT2D eigenvalue weighted by atomic mass is 10.2. The number of nitrogens with one attached hydrogen (secondary N) is 2. The summed E-state index contributed by atoms with van der Waals surface area (Å²) in [5.41, 5.74) is 1.70. The maximum atomic E-state index is 13.9. The molecule has 0 amide bonds. The van der Waals surface area contributed by atoms with Gasteiger partial charge in [-0.15, -0.1) is 0 Å². The van der Waals surface area contributed by atoms with Crippen LogP contribution in [0.1, 0.15) is 18.9 Å². The number of benzene rings is 1. The van der Waals surface area contributed by atoms with E-state index < -0.39 is 11.6 Å². The van der Waals surface area contributed by atoms with Gasteiger partial charge >= 0.3 is 0 Å². The first-order valence-electron chi connectivity index (χ1n) is 6.64. The molecular weight excluding hydrogens is 340 g/mol. The molecular formula is C15H16BrF2N3. The molecule has 0 aliphatic carbocycles. The number of halogens is 3. The van der Waals surface area contributed by atoms with Crippen molar-refractivity contribution in [3.8, 4) is 0 Å². The first-order chi connectivity index (χ1) is 10.0. The Bertz CT molecular complexity index is 647. The molecule has 0 bridgehead atoms. The molecule has 1 aromatic heterocycles. The predicted molar refractivity (Wildman–Crippen MR) is 85.1 cm³/mol. The van der Waals surface area contributed by atoms with Crippen LogP contribution in [-0.2, 0) is 0 Å². The van der Waals surface area contributed by atoms with Gasteiger partial charge in [-0.1, -0.05) is 13.0 Å². The summed E-state index contributed by atoms with van der Waals surface area (Å²) in [4.78, 5) is 3.98. The highest BCUT2D eigenvalue weighted by Crippen LogP contribution is 2.28. The molecule has 2 N–H and O–H groups in total. The quantitative estimate of drug-likeness (QED) is 0.792. The molecule has 1 heterocycles. The van der Waals surface area contributed by atoms with E-state index >= 15 is 0 Å². The van der Waals surface area contributed by atoms with Gasteiger partial charge in [0.25, 0.3) is 0 Å². The molecule has 6 heteroatoms. The highest BCUT2D eigenvalue weighted by molar-refractivity contribution is 9.10. The molecule has 0 spiro atoms.